The summed E-state index contributed by atoms with van der Waals surface area (Å²) in [4.78, 5) is 4.62. The number of benzene rings is 1. The summed E-state index contributed by atoms with van der Waals surface area (Å²) in [5.74, 6) is 0. The summed E-state index contributed by atoms with van der Waals surface area (Å²) in [5.41, 5.74) is 6.75. The molecule has 21 heavy (non-hydrogen) atoms. The molecule has 1 heterocycles. The van der Waals surface area contributed by atoms with E-state index in [4.69, 9.17) is 0 Å². The van der Waals surface area contributed by atoms with Gasteiger partial charge in [0.25, 0.3) is 0 Å². The molecule has 1 aromatic heterocycles. The van der Waals surface area contributed by atoms with Crippen LogP contribution >= 0.6 is 0 Å². The zero-order valence-electron chi connectivity index (χ0n) is 13.2. The summed E-state index contributed by atoms with van der Waals surface area (Å²) >= 11 is 0. The molecular formula is C19H24N2. The second-order valence-electron chi connectivity index (χ2n) is 6.24. The number of pyridine rings is 1. The Labute approximate surface area is 127 Å². The molecule has 2 atom stereocenters. The first-order chi connectivity index (χ1) is 10.1. The van der Waals surface area contributed by atoms with Crippen molar-refractivity contribution in [3.05, 3.63) is 64.5 Å². The van der Waals surface area contributed by atoms with Crippen LogP contribution in [0.5, 0.6) is 0 Å². The van der Waals surface area contributed by atoms with E-state index in [1.54, 1.807) is 0 Å². The van der Waals surface area contributed by atoms with Crippen LogP contribution in [0.1, 0.15) is 59.8 Å². The number of nitrogens with zero attached hydrogens (tertiary/aromatic N) is 1. The quantitative estimate of drug-likeness (QED) is 0.900. The van der Waals surface area contributed by atoms with Gasteiger partial charge in [-0.15, -0.1) is 0 Å². The third-order valence-corrected chi connectivity index (χ3v) is 4.55. The minimum Gasteiger partial charge on any atom is -0.302 e. The van der Waals surface area contributed by atoms with Crippen LogP contribution in [-0.2, 0) is 6.42 Å². The smallest absolute Gasteiger partial charge is 0.0605 e. The van der Waals surface area contributed by atoms with Crippen LogP contribution in [-0.4, -0.2) is 4.98 Å². The van der Waals surface area contributed by atoms with E-state index in [1.165, 1.54) is 47.2 Å². The van der Waals surface area contributed by atoms with Crippen LogP contribution in [0.25, 0.3) is 0 Å². The van der Waals surface area contributed by atoms with E-state index in [0.29, 0.717) is 12.1 Å². The highest BCUT2D eigenvalue weighted by atomic mass is 15.0. The Morgan fingerprint density at radius 1 is 1.24 bits per heavy atom. The van der Waals surface area contributed by atoms with Gasteiger partial charge in [0.05, 0.1) is 11.7 Å². The molecule has 3 rings (SSSR count). The molecular weight excluding hydrogens is 256 g/mol. The van der Waals surface area contributed by atoms with Gasteiger partial charge < -0.3 is 5.32 Å². The predicted octanol–water partition coefficient (Wildman–Crippen LogP) is 4.43. The highest BCUT2D eigenvalue weighted by Crippen LogP contribution is 2.30. The van der Waals surface area contributed by atoms with Crippen molar-refractivity contribution in [2.75, 3.05) is 0 Å². The van der Waals surface area contributed by atoms with Crippen molar-refractivity contribution in [3.63, 3.8) is 0 Å². The number of fused-ring (bicyclic) bond motifs is 1. The van der Waals surface area contributed by atoms with Gasteiger partial charge in [0.2, 0.25) is 0 Å². The van der Waals surface area contributed by atoms with Crippen molar-refractivity contribution in [3.8, 4) is 0 Å². The lowest BCUT2D eigenvalue weighted by molar-refractivity contribution is 0.405. The lowest BCUT2D eigenvalue weighted by Crippen LogP contribution is -2.29. The maximum Gasteiger partial charge on any atom is 0.0605 e. The van der Waals surface area contributed by atoms with E-state index in [1.807, 2.05) is 6.20 Å². The molecule has 110 valence electrons. The van der Waals surface area contributed by atoms with Crippen molar-refractivity contribution in [2.45, 2.75) is 52.1 Å². The Morgan fingerprint density at radius 2 is 2.10 bits per heavy atom. The molecule has 0 saturated carbocycles. The Hall–Kier alpha value is -1.67. The van der Waals surface area contributed by atoms with Gasteiger partial charge in [-0.05, 0) is 62.8 Å². The fraction of sp³-hybridized carbons (Fsp3) is 0.421. The molecule has 0 fully saturated rings. The van der Waals surface area contributed by atoms with Crippen LogP contribution < -0.4 is 5.32 Å². The summed E-state index contributed by atoms with van der Waals surface area (Å²) in [7, 11) is 0. The second kappa shape index (κ2) is 5.98. The summed E-state index contributed by atoms with van der Waals surface area (Å²) < 4.78 is 0. The van der Waals surface area contributed by atoms with Crippen LogP contribution in [0.4, 0.5) is 0 Å². The van der Waals surface area contributed by atoms with Crippen molar-refractivity contribution < 1.29 is 0 Å². The monoisotopic (exact) mass is 280 g/mol. The summed E-state index contributed by atoms with van der Waals surface area (Å²) in [6.45, 7) is 6.62. The fourth-order valence-electron chi connectivity index (χ4n) is 3.39. The molecule has 0 amide bonds. The molecule has 2 heteroatoms. The molecule has 0 spiro atoms. The molecule has 1 aliphatic carbocycles. The SMILES string of the molecule is Cc1ccc(C)c(C(C)NC2CCCc3cccnc32)c1. The zero-order valence-corrected chi connectivity index (χ0v) is 13.2. The Kier molecular flexibility index (Phi) is 4.07. The third kappa shape index (κ3) is 3.01. The fourth-order valence-corrected chi connectivity index (χ4v) is 3.39. The van der Waals surface area contributed by atoms with Crippen molar-refractivity contribution in [1.82, 2.24) is 10.3 Å². The summed E-state index contributed by atoms with van der Waals surface area (Å²) in [6.07, 6.45) is 5.51. The average Bonchev–Trinajstić information content (AvgIpc) is 2.50. The predicted molar refractivity (Wildman–Crippen MR) is 87.4 cm³/mol. The van der Waals surface area contributed by atoms with Crippen molar-refractivity contribution >= 4 is 0 Å². The van der Waals surface area contributed by atoms with E-state index in [9.17, 15) is 0 Å². The number of aromatic nitrogens is 1. The molecule has 1 aliphatic rings. The molecule has 1 aromatic carbocycles. The topological polar surface area (TPSA) is 24.9 Å². The van der Waals surface area contributed by atoms with E-state index < -0.39 is 0 Å². The number of nitrogens with one attached hydrogen (secondary N) is 1. The van der Waals surface area contributed by atoms with E-state index in [-0.39, 0.29) is 0 Å². The standard InChI is InChI=1S/C19H24N2/c1-13-9-10-14(2)17(12-13)15(3)21-18-8-4-6-16-7-5-11-20-19(16)18/h5,7,9-12,15,18,21H,4,6,8H2,1-3H3. The molecule has 0 aliphatic heterocycles. The Balaban J connectivity index is 1.82. The maximum atomic E-state index is 4.62. The molecule has 2 unspecified atom stereocenters. The van der Waals surface area contributed by atoms with Crippen LogP contribution in [0.15, 0.2) is 36.5 Å². The van der Waals surface area contributed by atoms with Gasteiger partial charge in [-0.3, -0.25) is 4.98 Å². The van der Waals surface area contributed by atoms with Crippen LogP contribution in [0.3, 0.4) is 0 Å². The summed E-state index contributed by atoms with van der Waals surface area (Å²) in [6, 6.07) is 11.7. The Bertz CT molecular complexity index is 633. The molecule has 1 N–H and O–H groups in total. The van der Waals surface area contributed by atoms with Gasteiger partial charge in [0, 0.05) is 12.2 Å². The first-order valence-corrected chi connectivity index (χ1v) is 7.92. The first kappa shape index (κ1) is 14.3. The highest BCUT2D eigenvalue weighted by molar-refractivity contribution is 5.33. The average molecular weight is 280 g/mol. The molecule has 0 saturated heterocycles. The third-order valence-electron chi connectivity index (χ3n) is 4.55. The molecule has 0 bridgehead atoms. The number of rotatable bonds is 3. The molecule has 2 aromatic rings. The number of aryl methyl sites for hydroxylation is 3. The van der Waals surface area contributed by atoms with E-state index in [2.05, 4.69) is 61.4 Å². The summed E-state index contributed by atoms with van der Waals surface area (Å²) in [5, 5.41) is 3.80. The largest absolute Gasteiger partial charge is 0.302 e. The van der Waals surface area contributed by atoms with Crippen molar-refractivity contribution in [2.24, 2.45) is 0 Å². The second-order valence-corrected chi connectivity index (χ2v) is 6.24. The highest BCUT2D eigenvalue weighted by Gasteiger charge is 2.23. The number of hydrogen-bond acceptors (Lipinski definition) is 2. The minimum atomic E-state index is 0.350. The molecule has 0 radical (unpaired) electrons. The minimum absolute atomic E-state index is 0.350. The van der Waals surface area contributed by atoms with Crippen molar-refractivity contribution in [1.29, 1.82) is 0 Å². The number of hydrogen-bond donors (Lipinski definition) is 1. The van der Waals surface area contributed by atoms with Gasteiger partial charge in [-0.2, -0.15) is 0 Å². The zero-order chi connectivity index (χ0) is 14.8. The maximum absolute atomic E-state index is 4.62. The van der Waals surface area contributed by atoms with Gasteiger partial charge in [0.1, 0.15) is 0 Å². The normalized spacial score (nSPS) is 19.1. The van der Waals surface area contributed by atoms with E-state index in [0.717, 1.165) is 0 Å². The van der Waals surface area contributed by atoms with Gasteiger partial charge in [-0.25, -0.2) is 0 Å². The molecule has 2 nitrogen and oxygen atoms in total. The van der Waals surface area contributed by atoms with Gasteiger partial charge >= 0.3 is 0 Å². The van der Waals surface area contributed by atoms with Crippen LogP contribution in [0.2, 0.25) is 0 Å². The van der Waals surface area contributed by atoms with Crippen LogP contribution in [0, 0.1) is 13.8 Å². The van der Waals surface area contributed by atoms with E-state index >= 15 is 0 Å². The van der Waals surface area contributed by atoms with Gasteiger partial charge in [0.15, 0.2) is 0 Å². The lowest BCUT2D eigenvalue weighted by atomic mass is 9.90. The Morgan fingerprint density at radius 3 is 2.95 bits per heavy atom. The van der Waals surface area contributed by atoms with Gasteiger partial charge in [-0.1, -0.05) is 29.8 Å². The first-order valence-electron chi connectivity index (χ1n) is 7.92. The lowest BCUT2D eigenvalue weighted by Gasteiger charge is -2.29.